The van der Waals surface area contributed by atoms with Crippen LogP contribution in [-0.2, 0) is 10.0 Å². The second kappa shape index (κ2) is 5.97. The van der Waals surface area contributed by atoms with Crippen molar-refractivity contribution in [1.29, 1.82) is 0 Å². The summed E-state index contributed by atoms with van der Waals surface area (Å²) in [6, 6.07) is 3.14. The van der Waals surface area contributed by atoms with Gasteiger partial charge in [-0.1, -0.05) is 11.6 Å². The lowest BCUT2D eigenvalue weighted by atomic mass is 10.3. The summed E-state index contributed by atoms with van der Waals surface area (Å²) in [6.07, 6.45) is 2.93. The van der Waals surface area contributed by atoms with Gasteiger partial charge in [0.1, 0.15) is 15.9 Å². The molecule has 2 aromatic rings. The molecular weight excluding hydrogens is 433 g/mol. The number of rotatable bonds is 3. The quantitative estimate of drug-likeness (QED) is 0.736. The third kappa shape index (κ3) is 3.49. The van der Waals surface area contributed by atoms with Crippen LogP contribution in [0.15, 0.2) is 38.4 Å². The minimum Gasteiger partial charge on any atom is -0.263 e. The van der Waals surface area contributed by atoms with Gasteiger partial charge in [-0.05, 0) is 56.5 Å². The van der Waals surface area contributed by atoms with E-state index in [2.05, 4.69) is 46.5 Å². The van der Waals surface area contributed by atoms with Gasteiger partial charge < -0.3 is 0 Å². The molecule has 1 N–H and O–H groups in total. The molecule has 0 amide bonds. The lowest BCUT2D eigenvalue weighted by molar-refractivity contribution is 0.600. The van der Waals surface area contributed by atoms with Gasteiger partial charge >= 0.3 is 0 Å². The minimum atomic E-state index is -3.85. The van der Waals surface area contributed by atoms with Crippen molar-refractivity contribution in [3.05, 3.63) is 44.2 Å². The van der Waals surface area contributed by atoms with Crippen LogP contribution in [0.4, 0.5) is 5.82 Å². The first-order valence-corrected chi connectivity index (χ1v) is 8.70. The van der Waals surface area contributed by atoms with Crippen LogP contribution < -0.4 is 4.72 Å². The van der Waals surface area contributed by atoms with Gasteiger partial charge in [-0.25, -0.2) is 18.4 Å². The number of anilines is 1. The first kappa shape index (κ1) is 15.7. The van der Waals surface area contributed by atoms with Gasteiger partial charge in [0.15, 0.2) is 0 Å². The number of sulfonamides is 1. The van der Waals surface area contributed by atoms with E-state index in [4.69, 9.17) is 11.6 Å². The molecule has 0 aliphatic heterocycles. The Hall–Kier alpha value is -0.700. The second-order valence-electron chi connectivity index (χ2n) is 3.87. The van der Waals surface area contributed by atoms with Crippen LogP contribution in [0.2, 0.25) is 5.15 Å². The van der Waals surface area contributed by atoms with E-state index in [9.17, 15) is 8.42 Å². The Balaban J connectivity index is 2.43. The molecule has 2 heterocycles. The number of nitrogens with zero attached hydrogens (tertiary/aromatic N) is 2. The van der Waals surface area contributed by atoms with Gasteiger partial charge in [0.25, 0.3) is 10.0 Å². The summed E-state index contributed by atoms with van der Waals surface area (Å²) in [5, 5.41) is -0.101. The van der Waals surface area contributed by atoms with Crippen molar-refractivity contribution in [3.63, 3.8) is 0 Å². The monoisotopic (exact) mass is 439 g/mol. The fraction of sp³-hybridized carbons (Fsp3) is 0.0909. The normalized spacial score (nSPS) is 11.4. The molecule has 0 fully saturated rings. The predicted octanol–water partition coefficient (Wildman–Crippen LogP) is 3.76. The fourth-order valence-corrected chi connectivity index (χ4v) is 3.89. The van der Waals surface area contributed by atoms with E-state index in [0.29, 0.717) is 10.0 Å². The number of hydrogen-bond donors (Lipinski definition) is 1. The molecule has 0 bridgehead atoms. The van der Waals surface area contributed by atoms with E-state index < -0.39 is 10.0 Å². The maximum Gasteiger partial charge on any atom is 0.266 e. The molecule has 0 aliphatic carbocycles. The van der Waals surface area contributed by atoms with E-state index in [1.165, 1.54) is 18.5 Å². The molecule has 0 aliphatic rings. The number of aromatic nitrogens is 2. The molecule has 0 aromatic carbocycles. The molecular formula is C11H8Br2ClN3O2S. The molecule has 0 unspecified atom stereocenters. The molecule has 0 saturated heterocycles. The van der Waals surface area contributed by atoms with Crippen LogP contribution >= 0.6 is 43.5 Å². The molecule has 20 heavy (non-hydrogen) atoms. The van der Waals surface area contributed by atoms with E-state index in [0.717, 1.165) is 4.47 Å². The van der Waals surface area contributed by atoms with Crippen molar-refractivity contribution in [2.45, 2.75) is 11.8 Å². The Morgan fingerprint density at radius 2 is 1.75 bits per heavy atom. The predicted molar refractivity (Wildman–Crippen MR) is 84.4 cm³/mol. The largest absolute Gasteiger partial charge is 0.266 e. The minimum absolute atomic E-state index is 0.101. The summed E-state index contributed by atoms with van der Waals surface area (Å²) in [4.78, 5) is 7.71. The summed E-state index contributed by atoms with van der Waals surface area (Å²) in [5.41, 5.74) is 0.682. The van der Waals surface area contributed by atoms with Crippen molar-refractivity contribution in [1.82, 2.24) is 9.97 Å². The summed E-state index contributed by atoms with van der Waals surface area (Å²) in [7, 11) is -3.85. The van der Waals surface area contributed by atoms with E-state index in [1.54, 1.807) is 13.0 Å². The van der Waals surface area contributed by atoms with Crippen molar-refractivity contribution >= 4 is 59.3 Å². The topological polar surface area (TPSA) is 72.0 Å². The third-order valence-electron chi connectivity index (χ3n) is 2.34. The number of nitrogens with one attached hydrogen (secondary N) is 1. The number of pyridine rings is 2. The first-order valence-electron chi connectivity index (χ1n) is 5.25. The number of halogens is 3. The summed E-state index contributed by atoms with van der Waals surface area (Å²) < 4.78 is 28.3. The SMILES string of the molecule is Cc1cc(Br)cnc1NS(=O)(=O)c1cc(Br)cnc1Cl. The Bertz CT molecular complexity index is 768. The Morgan fingerprint density at radius 1 is 1.15 bits per heavy atom. The average molecular weight is 442 g/mol. The van der Waals surface area contributed by atoms with Crippen LogP contribution in [-0.4, -0.2) is 18.4 Å². The lowest BCUT2D eigenvalue weighted by Crippen LogP contribution is -2.15. The van der Waals surface area contributed by atoms with E-state index in [1.807, 2.05) is 0 Å². The van der Waals surface area contributed by atoms with Gasteiger partial charge in [0.2, 0.25) is 0 Å². The molecule has 106 valence electrons. The van der Waals surface area contributed by atoms with Crippen molar-refractivity contribution in [3.8, 4) is 0 Å². The standard InChI is InChI=1S/C11H8Br2ClN3O2S/c1-6-2-7(12)5-16-11(6)17-20(18,19)9-3-8(13)4-15-10(9)14/h2-5H,1H3,(H,16,17). The highest BCUT2D eigenvalue weighted by Gasteiger charge is 2.21. The van der Waals surface area contributed by atoms with Gasteiger partial charge in [-0.3, -0.25) is 4.72 Å². The van der Waals surface area contributed by atoms with Crippen LogP contribution in [0, 0.1) is 6.92 Å². The van der Waals surface area contributed by atoms with Crippen molar-refractivity contribution in [2.24, 2.45) is 0 Å². The highest BCUT2D eigenvalue weighted by atomic mass is 79.9. The van der Waals surface area contributed by atoms with E-state index >= 15 is 0 Å². The van der Waals surface area contributed by atoms with Crippen molar-refractivity contribution in [2.75, 3.05) is 4.72 Å². The molecule has 0 saturated carbocycles. The highest BCUT2D eigenvalue weighted by molar-refractivity contribution is 9.10. The third-order valence-corrected chi connectivity index (χ3v) is 4.97. The maximum absolute atomic E-state index is 12.3. The summed E-state index contributed by atoms with van der Waals surface area (Å²) >= 11 is 12.3. The first-order chi connectivity index (χ1) is 9.29. The zero-order valence-corrected chi connectivity index (χ0v) is 14.8. The zero-order valence-electron chi connectivity index (χ0n) is 10.1. The Morgan fingerprint density at radius 3 is 2.40 bits per heavy atom. The second-order valence-corrected chi connectivity index (χ2v) is 7.71. The smallest absolute Gasteiger partial charge is 0.263 e. The number of aryl methyl sites for hydroxylation is 1. The fourth-order valence-electron chi connectivity index (χ4n) is 1.42. The average Bonchev–Trinajstić information content (AvgIpc) is 2.35. The van der Waals surface area contributed by atoms with Gasteiger partial charge in [0.05, 0.1) is 0 Å². The van der Waals surface area contributed by atoms with Crippen molar-refractivity contribution < 1.29 is 8.42 Å². The molecule has 2 aromatic heterocycles. The molecule has 2 rings (SSSR count). The Kier molecular flexibility index (Phi) is 4.68. The molecule has 9 heteroatoms. The molecule has 5 nitrogen and oxygen atoms in total. The van der Waals surface area contributed by atoms with Gasteiger partial charge in [-0.15, -0.1) is 0 Å². The Labute approximate surface area is 138 Å². The van der Waals surface area contributed by atoms with Crippen LogP contribution in [0.1, 0.15) is 5.56 Å². The van der Waals surface area contributed by atoms with Gasteiger partial charge in [-0.2, -0.15) is 0 Å². The summed E-state index contributed by atoms with van der Waals surface area (Å²) in [5.74, 6) is 0.240. The highest BCUT2D eigenvalue weighted by Crippen LogP contribution is 2.26. The zero-order chi connectivity index (χ0) is 14.9. The molecule has 0 radical (unpaired) electrons. The number of hydrogen-bond acceptors (Lipinski definition) is 4. The molecule has 0 atom stereocenters. The van der Waals surface area contributed by atoms with Crippen LogP contribution in [0.25, 0.3) is 0 Å². The van der Waals surface area contributed by atoms with Crippen LogP contribution in [0.5, 0.6) is 0 Å². The lowest BCUT2D eigenvalue weighted by Gasteiger charge is -2.10. The summed E-state index contributed by atoms with van der Waals surface area (Å²) in [6.45, 7) is 1.75. The molecule has 0 spiro atoms. The van der Waals surface area contributed by atoms with E-state index in [-0.39, 0.29) is 15.9 Å². The van der Waals surface area contributed by atoms with Gasteiger partial charge in [0, 0.05) is 21.3 Å². The maximum atomic E-state index is 12.3. The van der Waals surface area contributed by atoms with Crippen LogP contribution in [0.3, 0.4) is 0 Å².